The van der Waals surface area contributed by atoms with Gasteiger partial charge in [-0.2, -0.15) is 5.10 Å². The second-order valence-electron chi connectivity index (χ2n) is 8.76. The van der Waals surface area contributed by atoms with Crippen LogP contribution in [0, 0.1) is 10.1 Å². The number of benzene rings is 3. The quantitative estimate of drug-likeness (QED) is 0.204. The van der Waals surface area contributed by atoms with Gasteiger partial charge >= 0.3 is 0 Å². The number of hydrazone groups is 1. The maximum absolute atomic E-state index is 13.6. The van der Waals surface area contributed by atoms with Gasteiger partial charge in [0.1, 0.15) is 18.0 Å². The van der Waals surface area contributed by atoms with Crippen molar-refractivity contribution in [3.63, 3.8) is 0 Å². The first kappa shape index (κ1) is 29.3. The molecule has 4 rings (SSSR count). The molecule has 13 nitrogen and oxygen atoms in total. The second-order valence-corrected chi connectivity index (χ2v) is 10.6. The third kappa shape index (κ3) is 6.91. The molecule has 3 aromatic carbocycles. The fraction of sp³-hybridized carbons (Fsp3) is 0.259. The molecule has 1 aliphatic heterocycles. The molecule has 14 heteroatoms. The highest BCUT2D eigenvalue weighted by molar-refractivity contribution is 7.92. The van der Waals surface area contributed by atoms with Gasteiger partial charge in [0.05, 0.1) is 49.2 Å². The number of carbonyl (C=O) groups is 1. The molecule has 1 heterocycles. The van der Waals surface area contributed by atoms with Crippen molar-refractivity contribution in [1.82, 2.24) is 5.43 Å². The largest absolute Gasteiger partial charge is 0.497 e. The number of carbonyl (C=O) groups excluding carboxylic acids is 1. The summed E-state index contributed by atoms with van der Waals surface area (Å²) in [6.45, 7) is 1.54. The van der Waals surface area contributed by atoms with E-state index in [1.807, 2.05) is 4.90 Å². The van der Waals surface area contributed by atoms with Crippen LogP contribution in [-0.4, -0.2) is 72.5 Å². The van der Waals surface area contributed by atoms with Gasteiger partial charge in [-0.3, -0.25) is 19.2 Å². The Hall–Kier alpha value is -4.69. The summed E-state index contributed by atoms with van der Waals surface area (Å²) in [4.78, 5) is 25.9. The van der Waals surface area contributed by atoms with Crippen molar-refractivity contribution in [2.45, 2.75) is 4.90 Å². The number of sulfonamides is 1. The standard InChI is InChI=1S/C27H29N5O8S/c1-38-22-9-11-25(26(17-22)39-2)31(41(36,37)23-6-4-3-5-7-23)19-27(33)29-28-18-20-16-21(32(34)35)8-10-24(20)30-12-14-40-15-13-30/h3-11,16-18H,12-15,19H2,1-2H3,(H,29,33)/b28-18-. The number of nitro benzene ring substituents is 1. The highest BCUT2D eigenvalue weighted by Crippen LogP contribution is 2.35. The van der Waals surface area contributed by atoms with Crippen LogP contribution in [0.2, 0.25) is 0 Å². The first-order valence-corrected chi connectivity index (χ1v) is 13.9. The van der Waals surface area contributed by atoms with Crippen LogP contribution in [0.1, 0.15) is 5.56 Å². The molecule has 0 unspecified atom stereocenters. The van der Waals surface area contributed by atoms with Gasteiger partial charge in [-0.25, -0.2) is 13.8 Å². The monoisotopic (exact) mass is 583 g/mol. The number of nitrogens with one attached hydrogen (secondary N) is 1. The Bertz CT molecular complexity index is 1530. The van der Waals surface area contributed by atoms with Crippen LogP contribution in [0.15, 0.2) is 76.7 Å². The van der Waals surface area contributed by atoms with Gasteiger partial charge in [-0.1, -0.05) is 18.2 Å². The third-order valence-corrected chi connectivity index (χ3v) is 8.01. The van der Waals surface area contributed by atoms with Crippen LogP contribution in [-0.2, 0) is 19.6 Å². The molecule has 1 N–H and O–H groups in total. The number of nitro groups is 1. The van der Waals surface area contributed by atoms with Crippen molar-refractivity contribution in [2.24, 2.45) is 5.10 Å². The molecule has 41 heavy (non-hydrogen) atoms. The van der Waals surface area contributed by atoms with Gasteiger partial charge in [-0.15, -0.1) is 0 Å². The Labute approximate surface area is 237 Å². The smallest absolute Gasteiger partial charge is 0.270 e. The van der Waals surface area contributed by atoms with Gasteiger partial charge in [0, 0.05) is 42.5 Å². The van der Waals surface area contributed by atoms with E-state index >= 15 is 0 Å². The number of anilines is 2. The second kappa shape index (κ2) is 13.1. The molecule has 0 atom stereocenters. The number of nitrogens with zero attached hydrogens (tertiary/aromatic N) is 4. The molecule has 0 radical (unpaired) electrons. The van der Waals surface area contributed by atoms with E-state index in [1.54, 1.807) is 30.3 Å². The van der Waals surface area contributed by atoms with Gasteiger partial charge in [-0.05, 0) is 30.3 Å². The molecule has 1 saturated heterocycles. The summed E-state index contributed by atoms with van der Waals surface area (Å²) in [6, 6.07) is 16.6. The van der Waals surface area contributed by atoms with Crippen LogP contribution in [0.5, 0.6) is 11.5 Å². The van der Waals surface area contributed by atoms with Crippen molar-refractivity contribution in [1.29, 1.82) is 0 Å². The minimum atomic E-state index is -4.21. The van der Waals surface area contributed by atoms with E-state index in [-0.39, 0.29) is 22.0 Å². The average molecular weight is 584 g/mol. The van der Waals surface area contributed by atoms with Crippen molar-refractivity contribution in [3.05, 3.63) is 82.4 Å². The van der Waals surface area contributed by atoms with Crippen molar-refractivity contribution in [2.75, 3.05) is 56.3 Å². The van der Waals surface area contributed by atoms with Crippen molar-refractivity contribution < 1.29 is 32.3 Å². The zero-order valence-corrected chi connectivity index (χ0v) is 23.2. The van der Waals surface area contributed by atoms with Gasteiger partial charge < -0.3 is 19.1 Å². The molecule has 3 aromatic rings. The Morgan fingerprint density at radius 2 is 1.83 bits per heavy atom. The summed E-state index contributed by atoms with van der Waals surface area (Å²) in [5.41, 5.74) is 3.41. The van der Waals surface area contributed by atoms with Crippen molar-refractivity contribution in [3.8, 4) is 11.5 Å². The third-order valence-electron chi connectivity index (χ3n) is 6.24. The summed E-state index contributed by atoms with van der Waals surface area (Å²) in [6.07, 6.45) is 1.29. The molecule has 0 bridgehead atoms. The molecule has 216 valence electrons. The fourth-order valence-corrected chi connectivity index (χ4v) is 5.65. The number of non-ortho nitro benzene ring substituents is 1. The topological polar surface area (TPSA) is 153 Å². The lowest BCUT2D eigenvalue weighted by Crippen LogP contribution is -2.39. The SMILES string of the molecule is COc1ccc(N(CC(=O)N/N=C\c2cc([N+](=O)[O-])ccc2N2CCOCC2)S(=O)(=O)c2ccccc2)c(OC)c1. The summed E-state index contributed by atoms with van der Waals surface area (Å²) in [5, 5.41) is 15.4. The van der Waals surface area contributed by atoms with E-state index < -0.39 is 27.4 Å². The summed E-state index contributed by atoms with van der Waals surface area (Å²) in [7, 11) is -1.37. The van der Waals surface area contributed by atoms with Gasteiger partial charge in [0.2, 0.25) is 0 Å². The molecular formula is C27H29N5O8S. The van der Waals surface area contributed by atoms with Crippen LogP contribution >= 0.6 is 0 Å². The first-order valence-electron chi connectivity index (χ1n) is 12.5. The maximum Gasteiger partial charge on any atom is 0.270 e. The number of rotatable bonds is 11. The van der Waals surface area contributed by atoms with Crippen molar-refractivity contribution >= 4 is 39.2 Å². The Kier molecular flexibility index (Phi) is 9.37. The van der Waals surface area contributed by atoms with Crippen LogP contribution in [0.4, 0.5) is 17.1 Å². The lowest BCUT2D eigenvalue weighted by Gasteiger charge is -2.29. The predicted molar refractivity (Wildman–Crippen MR) is 152 cm³/mol. The van der Waals surface area contributed by atoms with E-state index in [1.165, 1.54) is 56.8 Å². The minimum Gasteiger partial charge on any atom is -0.497 e. The number of methoxy groups -OCH3 is 2. The summed E-state index contributed by atoms with van der Waals surface area (Å²) in [5.74, 6) is -0.145. The van der Waals surface area contributed by atoms with Crippen LogP contribution in [0.3, 0.4) is 0 Å². The summed E-state index contributed by atoms with van der Waals surface area (Å²) < 4.78 is 44.2. The number of amides is 1. The van der Waals surface area contributed by atoms with Gasteiger partial charge in [0.25, 0.3) is 21.6 Å². The number of hydrogen-bond acceptors (Lipinski definition) is 10. The zero-order valence-electron chi connectivity index (χ0n) is 22.4. The number of ether oxygens (including phenoxy) is 3. The van der Waals surface area contributed by atoms with E-state index in [9.17, 15) is 23.3 Å². The number of morpholine rings is 1. The Morgan fingerprint density at radius 3 is 2.49 bits per heavy atom. The van der Waals surface area contributed by atoms with Crippen LogP contribution < -0.4 is 24.1 Å². The molecule has 0 aliphatic carbocycles. The molecule has 0 aromatic heterocycles. The Morgan fingerprint density at radius 1 is 1.10 bits per heavy atom. The van der Waals surface area contributed by atoms with E-state index in [2.05, 4.69) is 10.5 Å². The highest BCUT2D eigenvalue weighted by atomic mass is 32.2. The lowest BCUT2D eigenvalue weighted by atomic mass is 10.1. The first-order chi connectivity index (χ1) is 19.7. The molecule has 0 spiro atoms. The number of hydrogen-bond donors (Lipinski definition) is 1. The maximum atomic E-state index is 13.6. The predicted octanol–water partition coefficient (Wildman–Crippen LogP) is 2.79. The summed E-state index contributed by atoms with van der Waals surface area (Å²) >= 11 is 0. The molecule has 1 fully saturated rings. The van der Waals surface area contributed by atoms with E-state index in [0.717, 1.165) is 4.31 Å². The lowest BCUT2D eigenvalue weighted by molar-refractivity contribution is -0.384. The molecule has 1 amide bonds. The minimum absolute atomic E-state index is 0.0269. The van der Waals surface area contributed by atoms with Crippen LogP contribution in [0.25, 0.3) is 0 Å². The zero-order chi connectivity index (χ0) is 29.4. The van der Waals surface area contributed by atoms with E-state index in [0.29, 0.717) is 43.3 Å². The molecule has 0 saturated carbocycles. The highest BCUT2D eigenvalue weighted by Gasteiger charge is 2.29. The molecule has 1 aliphatic rings. The van der Waals surface area contributed by atoms with E-state index in [4.69, 9.17) is 14.2 Å². The van der Waals surface area contributed by atoms with Gasteiger partial charge in [0.15, 0.2) is 0 Å². The average Bonchev–Trinajstić information content (AvgIpc) is 3.00. The Balaban J connectivity index is 1.62. The normalized spacial score (nSPS) is 13.6. The molecular weight excluding hydrogens is 554 g/mol. The fourth-order valence-electron chi connectivity index (χ4n) is 4.20.